The largest absolute Gasteiger partial charge is 0.398 e. The van der Waals surface area contributed by atoms with Crippen LogP contribution in [0.5, 0.6) is 0 Å². The molecule has 0 amide bonds. The Labute approximate surface area is 121 Å². The number of nitrogens with two attached hydrogens (primary N) is 1. The lowest BCUT2D eigenvalue weighted by atomic mass is 10.1. The third kappa shape index (κ3) is 2.97. The molecule has 2 rings (SSSR count). The second kappa shape index (κ2) is 5.71. The molecule has 0 aromatic heterocycles. The maximum absolute atomic E-state index is 12.8. The Hall–Kier alpha value is -1.11. The van der Waals surface area contributed by atoms with Crippen molar-refractivity contribution in [2.45, 2.75) is 25.2 Å². The zero-order valence-electron chi connectivity index (χ0n) is 12.4. The van der Waals surface area contributed by atoms with Gasteiger partial charge in [-0.05, 0) is 57.1 Å². The second-order valence-corrected chi connectivity index (χ2v) is 7.44. The van der Waals surface area contributed by atoms with Crippen LogP contribution < -0.4 is 5.73 Å². The van der Waals surface area contributed by atoms with E-state index in [1.807, 2.05) is 20.0 Å². The summed E-state index contributed by atoms with van der Waals surface area (Å²) in [7, 11) is -1.44. The minimum absolute atomic E-state index is 0.347. The highest BCUT2D eigenvalue weighted by atomic mass is 32.2. The van der Waals surface area contributed by atoms with Crippen molar-refractivity contribution in [2.24, 2.45) is 0 Å². The fraction of sp³-hybridized carbons (Fsp3) is 0.571. The molecule has 1 heterocycles. The van der Waals surface area contributed by atoms with Gasteiger partial charge in [0, 0.05) is 25.3 Å². The minimum atomic E-state index is -3.46. The van der Waals surface area contributed by atoms with Crippen molar-refractivity contribution < 1.29 is 8.42 Å². The van der Waals surface area contributed by atoms with Crippen LogP contribution in [0.25, 0.3) is 0 Å². The molecule has 112 valence electrons. The Morgan fingerprint density at radius 2 is 1.80 bits per heavy atom. The maximum atomic E-state index is 12.8. The summed E-state index contributed by atoms with van der Waals surface area (Å²) < 4.78 is 27.2. The van der Waals surface area contributed by atoms with Gasteiger partial charge in [-0.1, -0.05) is 0 Å². The van der Waals surface area contributed by atoms with Gasteiger partial charge in [-0.3, -0.25) is 0 Å². The molecule has 1 aliphatic rings. The molecule has 1 aliphatic heterocycles. The number of nitrogen functional groups attached to an aromatic ring is 1. The lowest BCUT2D eigenvalue weighted by Gasteiger charge is -2.22. The van der Waals surface area contributed by atoms with Gasteiger partial charge in [0.25, 0.3) is 0 Å². The van der Waals surface area contributed by atoms with E-state index in [0.29, 0.717) is 29.2 Å². The van der Waals surface area contributed by atoms with Gasteiger partial charge in [-0.15, -0.1) is 0 Å². The lowest BCUT2D eigenvalue weighted by Crippen LogP contribution is -2.35. The highest BCUT2D eigenvalue weighted by molar-refractivity contribution is 7.89. The standard InChI is InChI=1S/C14H23N3O2S/c1-11-9-13(15)12(2)14(10-11)20(18,19)17-6-4-5-16(3)7-8-17/h9-10H,4-8,15H2,1-3H3. The Balaban J connectivity index is 2.40. The number of likely N-dealkylation sites (N-methyl/N-ethyl adjacent to an activating group) is 1. The van der Waals surface area contributed by atoms with E-state index < -0.39 is 10.0 Å². The van der Waals surface area contributed by atoms with Crippen LogP contribution in [0.1, 0.15) is 17.5 Å². The molecule has 5 nitrogen and oxygen atoms in total. The van der Waals surface area contributed by atoms with Crippen LogP contribution in [0, 0.1) is 13.8 Å². The van der Waals surface area contributed by atoms with Gasteiger partial charge >= 0.3 is 0 Å². The van der Waals surface area contributed by atoms with Crippen LogP contribution >= 0.6 is 0 Å². The fourth-order valence-corrected chi connectivity index (χ4v) is 4.33. The molecule has 0 saturated carbocycles. The molecule has 0 spiro atoms. The predicted molar refractivity (Wildman–Crippen MR) is 81.2 cm³/mol. The monoisotopic (exact) mass is 297 g/mol. The lowest BCUT2D eigenvalue weighted by molar-refractivity contribution is 0.347. The summed E-state index contributed by atoms with van der Waals surface area (Å²) >= 11 is 0. The SMILES string of the molecule is Cc1cc(N)c(C)c(S(=O)(=O)N2CCCN(C)CC2)c1. The van der Waals surface area contributed by atoms with E-state index in [9.17, 15) is 8.42 Å². The van der Waals surface area contributed by atoms with E-state index in [0.717, 1.165) is 25.1 Å². The summed E-state index contributed by atoms with van der Waals surface area (Å²) in [4.78, 5) is 2.51. The first kappa shape index (κ1) is 15.3. The van der Waals surface area contributed by atoms with Crippen LogP contribution in [0.2, 0.25) is 0 Å². The Kier molecular flexibility index (Phi) is 4.36. The molecule has 20 heavy (non-hydrogen) atoms. The van der Waals surface area contributed by atoms with Gasteiger partial charge in [0.1, 0.15) is 0 Å². The molecule has 0 atom stereocenters. The molecule has 0 aliphatic carbocycles. The van der Waals surface area contributed by atoms with Gasteiger partial charge in [0.2, 0.25) is 10.0 Å². The Bertz CT molecular complexity index is 599. The molecule has 2 N–H and O–H groups in total. The number of nitrogens with zero attached hydrogens (tertiary/aromatic N) is 2. The number of anilines is 1. The first-order valence-corrected chi connectivity index (χ1v) is 8.32. The van der Waals surface area contributed by atoms with Crippen molar-refractivity contribution in [1.29, 1.82) is 0 Å². The molecule has 0 unspecified atom stereocenters. The number of hydrogen-bond acceptors (Lipinski definition) is 4. The topological polar surface area (TPSA) is 66.6 Å². The molecular weight excluding hydrogens is 274 g/mol. The van der Waals surface area contributed by atoms with Crippen molar-refractivity contribution in [3.8, 4) is 0 Å². The third-order valence-electron chi connectivity index (χ3n) is 3.84. The second-order valence-electron chi connectivity index (χ2n) is 5.54. The summed E-state index contributed by atoms with van der Waals surface area (Å²) in [5.41, 5.74) is 7.97. The van der Waals surface area contributed by atoms with Crippen molar-refractivity contribution in [1.82, 2.24) is 9.21 Å². The quantitative estimate of drug-likeness (QED) is 0.833. The summed E-state index contributed by atoms with van der Waals surface area (Å²) in [6.45, 7) is 6.43. The summed E-state index contributed by atoms with van der Waals surface area (Å²) in [5.74, 6) is 0. The van der Waals surface area contributed by atoms with Crippen LogP contribution in [0.3, 0.4) is 0 Å². The highest BCUT2D eigenvalue weighted by Gasteiger charge is 2.28. The molecule has 1 fully saturated rings. The van der Waals surface area contributed by atoms with Crippen LogP contribution in [0.4, 0.5) is 5.69 Å². The fourth-order valence-electron chi connectivity index (χ4n) is 2.52. The van der Waals surface area contributed by atoms with Gasteiger partial charge < -0.3 is 10.6 Å². The third-order valence-corrected chi connectivity index (χ3v) is 5.87. The average Bonchev–Trinajstić information content (AvgIpc) is 2.58. The predicted octanol–water partition coefficient (Wildman–Crippen LogP) is 1.21. The Morgan fingerprint density at radius 3 is 2.50 bits per heavy atom. The normalized spacial score (nSPS) is 18.9. The Morgan fingerprint density at radius 1 is 1.10 bits per heavy atom. The summed E-state index contributed by atoms with van der Waals surface area (Å²) in [6.07, 6.45) is 0.857. The van der Waals surface area contributed by atoms with E-state index in [-0.39, 0.29) is 0 Å². The van der Waals surface area contributed by atoms with Gasteiger partial charge in [0.05, 0.1) is 4.90 Å². The molecule has 0 radical (unpaired) electrons. The van der Waals surface area contributed by atoms with Gasteiger partial charge in [-0.25, -0.2) is 8.42 Å². The van der Waals surface area contributed by atoms with Crippen molar-refractivity contribution in [3.63, 3.8) is 0 Å². The smallest absolute Gasteiger partial charge is 0.243 e. The van der Waals surface area contributed by atoms with Gasteiger partial charge in [0.15, 0.2) is 0 Å². The van der Waals surface area contributed by atoms with E-state index >= 15 is 0 Å². The molecular formula is C14H23N3O2S. The first-order valence-electron chi connectivity index (χ1n) is 6.88. The molecule has 0 bridgehead atoms. The van der Waals surface area contributed by atoms with Crippen molar-refractivity contribution in [3.05, 3.63) is 23.3 Å². The number of aryl methyl sites for hydroxylation is 1. The number of hydrogen-bond donors (Lipinski definition) is 1. The summed E-state index contributed by atoms with van der Waals surface area (Å²) in [6, 6.07) is 3.53. The van der Waals surface area contributed by atoms with E-state index in [1.165, 1.54) is 0 Å². The van der Waals surface area contributed by atoms with Crippen LogP contribution in [-0.4, -0.2) is 50.8 Å². The number of benzene rings is 1. The molecule has 1 aromatic rings. The van der Waals surface area contributed by atoms with E-state index in [4.69, 9.17) is 5.73 Å². The van der Waals surface area contributed by atoms with Crippen molar-refractivity contribution >= 4 is 15.7 Å². The number of rotatable bonds is 2. The van der Waals surface area contributed by atoms with Crippen LogP contribution in [0.15, 0.2) is 17.0 Å². The zero-order valence-corrected chi connectivity index (χ0v) is 13.2. The van der Waals surface area contributed by atoms with Gasteiger partial charge in [-0.2, -0.15) is 4.31 Å². The van der Waals surface area contributed by atoms with Crippen molar-refractivity contribution in [2.75, 3.05) is 39.0 Å². The molecule has 1 saturated heterocycles. The number of sulfonamides is 1. The first-order chi connectivity index (χ1) is 9.32. The zero-order chi connectivity index (χ0) is 14.9. The minimum Gasteiger partial charge on any atom is -0.398 e. The van der Waals surface area contributed by atoms with E-state index in [1.54, 1.807) is 17.3 Å². The summed E-state index contributed by atoms with van der Waals surface area (Å²) in [5, 5.41) is 0. The maximum Gasteiger partial charge on any atom is 0.243 e. The van der Waals surface area contributed by atoms with Crippen LogP contribution in [-0.2, 0) is 10.0 Å². The average molecular weight is 297 g/mol. The molecule has 6 heteroatoms. The van der Waals surface area contributed by atoms with E-state index in [2.05, 4.69) is 4.90 Å². The highest BCUT2D eigenvalue weighted by Crippen LogP contribution is 2.26. The molecule has 1 aromatic carbocycles.